The van der Waals surface area contributed by atoms with Crippen LogP contribution in [-0.2, 0) is 14.3 Å². The second kappa shape index (κ2) is 9.26. The van der Waals surface area contributed by atoms with Crippen LogP contribution in [0.3, 0.4) is 0 Å². The number of likely N-dealkylation sites (tertiary alicyclic amines) is 1. The van der Waals surface area contributed by atoms with Gasteiger partial charge in [-0.05, 0) is 45.7 Å². The molecule has 0 bridgehead atoms. The minimum atomic E-state index is -0.210. The Bertz CT molecular complexity index is 436. The van der Waals surface area contributed by atoms with E-state index in [1.165, 1.54) is 12.8 Å². The number of hydrogen-bond donors (Lipinski definition) is 1. The monoisotopic (exact) mass is 306 g/mol. The van der Waals surface area contributed by atoms with Crippen molar-refractivity contribution in [2.45, 2.75) is 51.6 Å². The normalized spacial score (nSPS) is 24.6. The number of hydrogen-bond acceptors (Lipinski definition) is 4. The van der Waals surface area contributed by atoms with E-state index in [0.29, 0.717) is 13.0 Å². The van der Waals surface area contributed by atoms with E-state index in [-0.39, 0.29) is 24.0 Å². The van der Waals surface area contributed by atoms with Crippen molar-refractivity contribution in [3.63, 3.8) is 0 Å². The first-order chi connectivity index (χ1) is 10.6. The van der Waals surface area contributed by atoms with E-state index in [4.69, 9.17) is 4.74 Å². The lowest BCUT2D eigenvalue weighted by molar-refractivity contribution is -0.138. The van der Waals surface area contributed by atoms with E-state index in [0.717, 1.165) is 25.1 Å². The number of nitrogens with one attached hydrogen (secondary N) is 1. The second-order valence-corrected chi connectivity index (χ2v) is 5.49. The predicted octanol–water partition coefficient (Wildman–Crippen LogP) is 1.49. The molecule has 5 heteroatoms. The van der Waals surface area contributed by atoms with Gasteiger partial charge in [-0.1, -0.05) is 6.08 Å². The van der Waals surface area contributed by atoms with Gasteiger partial charge in [0.2, 0.25) is 5.91 Å². The highest BCUT2D eigenvalue weighted by molar-refractivity contribution is 5.88. The first-order valence-corrected chi connectivity index (χ1v) is 7.84. The summed E-state index contributed by atoms with van der Waals surface area (Å²) in [6, 6.07) is 0.221. The molecule has 2 atom stereocenters. The Morgan fingerprint density at radius 3 is 2.55 bits per heavy atom. The van der Waals surface area contributed by atoms with Gasteiger partial charge in [0.15, 0.2) is 0 Å². The maximum Gasteiger partial charge on any atom is 0.333 e. The standard InChI is InChI=1S/C15H24N2O3.C2H2/c1-3-20-15(19)12-6-7-13(16-11(2)18)14(10-12)17-8-4-5-9-17;1-2/h10,13-14H,3-9H2,1-2H3,(H,16,18);1-2H/t13-,14-;/m1./s1. The van der Waals surface area contributed by atoms with Crippen molar-refractivity contribution < 1.29 is 14.3 Å². The van der Waals surface area contributed by atoms with Crippen molar-refractivity contribution in [1.82, 2.24) is 10.2 Å². The highest BCUT2D eigenvalue weighted by Crippen LogP contribution is 2.26. The third-order valence-electron chi connectivity index (χ3n) is 4.00. The van der Waals surface area contributed by atoms with Crippen molar-refractivity contribution in [2.24, 2.45) is 0 Å². The lowest BCUT2D eigenvalue weighted by atomic mass is 9.90. The fourth-order valence-corrected chi connectivity index (χ4v) is 3.10. The number of rotatable bonds is 4. The van der Waals surface area contributed by atoms with Gasteiger partial charge in [-0.15, -0.1) is 12.8 Å². The van der Waals surface area contributed by atoms with Crippen LogP contribution in [0.2, 0.25) is 0 Å². The van der Waals surface area contributed by atoms with E-state index in [2.05, 4.69) is 23.1 Å². The van der Waals surface area contributed by atoms with Crippen LogP contribution in [0.25, 0.3) is 0 Å². The van der Waals surface area contributed by atoms with Crippen molar-refractivity contribution >= 4 is 11.9 Å². The Morgan fingerprint density at radius 2 is 2.00 bits per heavy atom. The molecule has 1 fully saturated rings. The summed E-state index contributed by atoms with van der Waals surface area (Å²) in [6.45, 7) is 5.84. The lowest BCUT2D eigenvalue weighted by Gasteiger charge is -2.36. The van der Waals surface area contributed by atoms with Crippen LogP contribution in [-0.4, -0.2) is 48.6 Å². The zero-order valence-corrected chi connectivity index (χ0v) is 13.5. The molecule has 1 saturated heterocycles. The van der Waals surface area contributed by atoms with Crippen LogP contribution in [0, 0.1) is 12.8 Å². The Hall–Kier alpha value is -1.80. The van der Waals surface area contributed by atoms with E-state index < -0.39 is 0 Å². The van der Waals surface area contributed by atoms with Crippen LogP contribution < -0.4 is 5.32 Å². The smallest absolute Gasteiger partial charge is 0.333 e. The van der Waals surface area contributed by atoms with Crippen LogP contribution in [0.4, 0.5) is 0 Å². The summed E-state index contributed by atoms with van der Waals surface area (Å²) in [4.78, 5) is 25.6. The van der Waals surface area contributed by atoms with Crippen LogP contribution in [0.1, 0.15) is 39.5 Å². The number of esters is 1. The fraction of sp³-hybridized carbons (Fsp3) is 0.647. The van der Waals surface area contributed by atoms with Gasteiger partial charge in [0, 0.05) is 24.6 Å². The van der Waals surface area contributed by atoms with Crippen LogP contribution >= 0.6 is 0 Å². The van der Waals surface area contributed by atoms with Gasteiger partial charge >= 0.3 is 5.97 Å². The van der Waals surface area contributed by atoms with Gasteiger partial charge in [-0.2, -0.15) is 0 Å². The molecule has 1 amide bonds. The third kappa shape index (κ3) is 4.88. The Labute approximate surface area is 133 Å². The fourth-order valence-electron chi connectivity index (χ4n) is 3.10. The molecule has 0 spiro atoms. The molecule has 0 aromatic carbocycles. The molecule has 22 heavy (non-hydrogen) atoms. The summed E-state index contributed by atoms with van der Waals surface area (Å²) in [5, 5.41) is 3.02. The zero-order valence-electron chi connectivity index (χ0n) is 13.5. The molecule has 0 aromatic heterocycles. The minimum Gasteiger partial charge on any atom is -0.463 e. The zero-order chi connectivity index (χ0) is 16.5. The molecule has 0 unspecified atom stereocenters. The summed E-state index contributed by atoms with van der Waals surface area (Å²) >= 11 is 0. The molecule has 1 aliphatic carbocycles. The molecule has 1 aliphatic heterocycles. The van der Waals surface area contributed by atoms with E-state index in [1.807, 2.05) is 13.0 Å². The SMILES string of the molecule is C#C.CCOC(=O)C1=C[C@@H](N2CCCC2)[C@H](NC(C)=O)CC1. The summed E-state index contributed by atoms with van der Waals surface area (Å²) in [7, 11) is 0. The van der Waals surface area contributed by atoms with E-state index in [1.54, 1.807) is 6.92 Å². The maximum absolute atomic E-state index is 11.9. The summed E-state index contributed by atoms with van der Waals surface area (Å²) in [5.74, 6) is -0.217. The predicted molar refractivity (Wildman–Crippen MR) is 86.0 cm³/mol. The molecule has 2 rings (SSSR count). The molecule has 1 heterocycles. The van der Waals surface area contributed by atoms with Gasteiger partial charge in [-0.25, -0.2) is 4.79 Å². The molecule has 0 saturated carbocycles. The molecule has 5 nitrogen and oxygen atoms in total. The van der Waals surface area contributed by atoms with Gasteiger partial charge in [0.1, 0.15) is 0 Å². The Morgan fingerprint density at radius 1 is 1.36 bits per heavy atom. The molecule has 0 radical (unpaired) electrons. The first kappa shape index (κ1) is 18.2. The topological polar surface area (TPSA) is 58.6 Å². The van der Waals surface area contributed by atoms with Crippen molar-refractivity contribution in [3.8, 4) is 12.8 Å². The Balaban J connectivity index is 0.00000116. The highest BCUT2D eigenvalue weighted by atomic mass is 16.5. The van der Waals surface area contributed by atoms with E-state index in [9.17, 15) is 9.59 Å². The van der Waals surface area contributed by atoms with Gasteiger partial charge < -0.3 is 10.1 Å². The summed E-state index contributed by atoms with van der Waals surface area (Å²) in [6.07, 6.45) is 13.9. The molecular weight excluding hydrogens is 280 g/mol. The maximum atomic E-state index is 11.9. The lowest BCUT2D eigenvalue weighted by Crippen LogP contribution is -2.51. The minimum absolute atomic E-state index is 0.00724. The van der Waals surface area contributed by atoms with Crippen molar-refractivity contribution in [1.29, 1.82) is 0 Å². The largest absolute Gasteiger partial charge is 0.463 e. The summed E-state index contributed by atoms with van der Waals surface area (Å²) in [5.41, 5.74) is 0.755. The molecule has 0 aromatic rings. The number of nitrogens with zero attached hydrogens (tertiary/aromatic N) is 1. The Kier molecular flexibility index (Phi) is 7.69. The first-order valence-electron chi connectivity index (χ1n) is 7.84. The van der Waals surface area contributed by atoms with Crippen LogP contribution in [0.15, 0.2) is 11.6 Å². The van der Waals surface area contributed by atoms with E-state index >= 15 is 0 Å². The number of amides is 1. The molecule has 2 aliphatic rings. The second-order valence-electron chi connectivity index (χ2n) is 5.49. The van der Waals surface area contributed by atoms with Crippen molar-refractivity contribution in [2.75, 3.05) is 19.7 Å². The summed E-state index contributed by atoms with van der Waals surface area (Å²) < 4.78 is 5.10. The van der Waals surface area contributed by atoms with Gasteiger partial charge in [0.25, 0.3) is 0 Å². The quantitative estimate of drug-likeness (QED) is 0.631. The molecule has 122 valence electrons. The third-order valence-corrected chi connectivity index (χ3v) is 4.00. The number of ether oxygens (including phenoxy) is 1. The average Bonchev–Trinajstić information content (AvgIpc) is 3.03. The van der Waals surface area contributed by atoms with Gasteiger partial charge in [0.05, 0.1) is 6.61 Å². The number of terminal acetylenes is 1. The van der Waals surface area contributed by atoms with Gasteiger partial charge in [-0.3, -0.25) is 9.69 Å². The van der Waals surface area contributed by atoms with Crippen LogP contribution in [0.5, 0.6) is 0 Å². The highest BCUT2D eigenvalue weighted by Gasteiger charge is 2.33. The number of carbonyl (C=O) groups is 2. The average molecular weight is 306 g/mol. The molecular formula is C17H26N2O3. The molecule has 1 N–H and O–H groups in total. The van der Waals surface area contributed by atoms with Crippen molar-refractivity contribution in [3.05, 3.63) is 11.6 Å². The number of carbonyl (C=O) groups excluding carboxylic acids is 2.